The Hall–Kier alpha value is -1.31. The molecule has 0 fully saturated rings. The highest BCUT2D eigenvalue weighted by molar-refractivity contribution is 5.81. The van der Waals surface area contributed by atoms with E-state index in [1.54, 1.807) is 6.07 Å². The summed E-state index contributed by atoms with van der Waals surface area (Å²) in [6, 6.07) is 5.51. The Balaban J connectivity index is 2.17. The Labute approximate surface area is 123 Å². The molecule has 1 rings (SSSR count). The summed E-state index contributed by atoms with van der Waals surface area (Å²) in [6.45, 7) is 4.16. The SMILES string of the molecule is CCCCCCCCCC(=O)Cc1ccc(C)cc1O. The van der Waals surface area contributed by atoms with Crippen molar-refractivity contribution >= 4 is 5.78 Å². The van der Waals surface area contributed by atoms with Crippen LogP contribution in [0.1, 0.15) is 69.4 Å². The van der Waals surface area contributed by atoms with Crippen LogP contribution in [0, 0.1) is 6.92 Å². The molecule has 112 valence electrons. The average Bonchev–Trinajstić information content (AvgIpc) is 2.41. The number of unbranched alkanes of at least 4 members (excludes halogenated alkanes) is 6. The molecule has 0 unspecified atom stereocenters. The number of carbonyl (C=O) groups excluding carboxylic acids is 1. The fraction of sp³-hybridized carbons (Fsp3) is 0.611. The van der Waals surface area contributed by atoms with E-state index in [-0.39, 0.29) is 11.5 Å². The third-order valence-corrected chi connectivity index (χ3v) is 3.69. The predicted octanol–water partition coefficient (Wildman–Crippen LogP) is 4.95. The topological polar surface area (TPSA) is 37.3 Å². The minimum absolute atomic E-state index is 0.234. The van der Waals surface area contributed by atoms with Crippen LogP contribution in [0.15, 0.2) is 18.2 Å². The molecular formula is C18H28O2. The van der Waals surface area contributed by atoms with E-state index in [0.29, 0.717) is 12.8 Å². The Morgan fingerprint density at radius 1 is 1.05 bits per heavy atom. The highest BCUT2D eigenvalue weighted by Gasteiger charge is 2.07. The van der Waals surface area contributed by atoms with Crippen molar-refractivity contribution in [3.05, 3.63) is 29.3 Å². The smallest absolute Gasteiger partial charge is 0.137 e. The van der Waals surface area contributed by atoms with E-state index in [9.17, 15) is 9.90 Å². The molecule has 0 amide bonds. The first kappa shape index (κ1) is 16.7. The Morgan fingerprint density at radius 3 is 2.35 bits per heavy atom. The summed E-state index contributed by atoms with van der Waals surface area (Å²) in [4.78, 5) is 11.9. The van der Waals surface area contributed by atoms with E-state index in [4.69, 9.17) is 0 Å². The zero-order valence-electron chi connectivity index (χ0n) is 13.0. The van der Waals surface area contributed by atoms with Gasteiger partial charge in [0.05, 0.1) is 0 Å². The van der Waals surface area contributed by atoms with Crippen molar-refractivity contribution in [2.45, 2.75) is 71.6 Å². The maximum atomic E-state index is 11.9. The van der Waals surface area contributed by atoms with Crippen molar-refractivity contribution in [2.24, 2.45) is 0 Å². The monoisotopic (exact) mass is 276 g/mol. The lowest BCUT2D eigenvalue weighted by molar-refractivity contribution is -0.118. The normalized spacial score (nSPS) is 10.7. The van der Waals surface area contributed by atoms with Crippen LogP contribution < -0.4 is 0 Å². The maximum Gasteiger partial charge on any atom is 0.137 e. The van der Waals surface area contributed by atoms with Gasteiger partial charge in [-0.2, -0.15) is 0 Å². The second kappa shape index (κ2) is 9.57. The molecular weight excluding hydrogens is 248 g/mol. The number of benzene rings is 1. The van der Waals surface area contributed by atoms with E-state index >= 15 is 0 Å². The average molecular weight is 276 g/mol. The third kappa shape index (κ3) is 6.74. The van der Waals surface area contributed by atoms with E-state index in [1.807, 2.05) is 19.1 Å². The largest absolute Gasteiger partial charge is 0.508 e. The second-order valence-electron chi connectivity index (χ2n) is 5.72. The number of aromatic hydroxyl groups is 1. The Morgan fingerprint density at radius 2 is 1.70 bits per heavy atom. The van der Waals surface area contributed by atoms with Crippen LogP contribution in [0.2, 0.25) is 0 Å². The molecule has 0 saturated heterocycles. The zero-order chi connectivity index (χ0) is 14.8. The number of carbonyl (C=O) groups is 1. The molecule has 0 saturated carbocycles. The van der Waals surface area contributed by atoms with Crippen LogP contribution in [-0.2, 0) is 11.2 Å². The van der Waals surface area contributed by atoms with Crippen LogP contribution >= 0.6 is 0 Å². The van der Waals surface area contributed by atoms with Gasteiger partial charge in [0.2, 0.25) is 0 Å². The van der Waals surface area contributed by atoms with Gasteiger partial charge in [0.15, 0.2) is 0 Å². The van der Waals surface area contributed by atoms with E-state index in [0.717, 1.165) is 24.0 Å². The van der Waals surface area contributed by atoms with Gasteiger partial charge in [-0.1, -0.05) is 57.6 Å². The molecule has 1 aromatic carbocycles. The van der Waals surface area contributed by atoms with Crippen LogP contribution in [0.3, 0.4) is 0 Å². The minimum Gasteiger partial charge on any atom is -0.508 e. The van der Waals surface area contributed by atoms with Crippen molar-refractivity contribution in [3.63, 3.8) is 0 Å². The summed E-state index contributed by atoms with van der Waals surface area (Å²) in [5, 5.41) is 9.78. The first-order chi connectivity index (χ1) is 9.63. The standard InChI is InChI=1S/C18H28O2/c1-3-4-5-6-7-8-9-10-17(19)14-16-12-11-15(2)13-18(16)20/h11-13,20H,3-10,14H2,1-2H3. The molecule has 0 spiro atoms. The summed E-state index contributed by atoms with van der Waals surface area (Å²) < 4.78 is 0. The lowest BCUT2D eigenvalue weighted by Crippen LogP contribution is -2.02. The molecule has 0 aliphatic heterocycles. The molecule has 1 aromatic rings. The van der Waals surface area contributed by atoms with Gasteiger partial charge >= 0.3 is 0 Å². The number of Topliss-reactive ketones (excluding diaryl/α,β-unsaturated/α-hetero) is 1. The molecule has 0 bridgehead atoms. The highest BCUT2D eigenvalue weighted by Crippen LogP contribution is 2.20. The number of aryl methyl sites for hydroxylation is 1. The number of phenols is 1. The molecule has 0 aliphatic carbocycles. The number of hydrogen-bond donors (Lipinski definition) is 1. The molecule has 20 heavy (non-hydrogen) atoms. The van der Waals surface area contributed by atoms with Crippen molar-refractivity contribution in [2.75, 3.05) is 0 Å². The van der Waals surface area contributed by atoms with Crippen molar-refractivity contribution < 1.29 is 9.90 Å². The highest BCUT2D eigenvalue weighted by atomic mass is 16.3. The van der Waals surface area contributed by atoms with E-state index in [2.05, 4.69) is 6.92 Å². The van der Waals surface area contributed by atoms with E-state index < -0.39 is 0 Å². The van der Waals surface area contributed by atoms with Gasteiger partial charge in [-0.15, -0.1) is 0 Å². The molecule has 0 aromatic heterocycles. The summed E-state index contributed by atoms with van der Waals surface area (Å²) in [5.74, 6) is 0.482. The van der Waals surface area contributed by atoms with Gasteiger partial charge in [0.25, 0.3) is 0 Å². The van der Waals surface area contributed by atoms with Gasteiger partial charge in [0.1, 0.15) is 11.5 Å². The Kier molecular flexibility index (Phi) is 8.01. The van der Waals surface area contributed by atoms with Gasteiger partial charge in [-0.3, -0.25) is 4.79 Å². The zero-order valence-corrected chi connectivity index (χ0v) is 13.0. The predicted molar refractivity (Wildman–Crippen MR) is 84.2 cm³/mol. The van der Waals surface area contributed by atoms with Crippen LogP contribution in [0.5, 0.6) is 5.75 Å². The molecule has 0 aliphatic rings. The minimum atomic E-state index is 0.234. The molecule has 0 atom stereocenters. The summed E-state index contributed by atoms with van der Waals surface area (Å²) in [6.07, 6.45) is 9.59. The third-order valence-electron chi connectivity index (χ3n) is 3.69. The summed E-state index contributed by atoms with van der Waals surface area (Å²) in [7, 11) is 0. The lowest BCUT2D eigenvalue weighted by Gasteiger charge is -2.05. The van der Waals surface area contributed by atoms with Gasteiger partial charge in [-0.25, -0.2) is 0 Å². The fourth-order valence-corrected chi connectivity index (χ4v) is 2.40. The maximum absolute atomic E-state index is 11.9. The van der Waals surface area contributed by atoms with Crippen molar-refractivity contribution in [1.82, 2.24) is 0 Å². The number of hydrogen-bond acceptors (Lipinski definition) is 2. The van der Waals surface area contributed by atoms with Crippen LogP contribution in [-0.4, -0.2) is 10.9 Å². The number of phenolic OH excluding ortho intramolecular Hbond substituents is 1. The second-order valence-corrected chi connectivity index (χ2v) is 5.72. The lowest BCUT2D eigenvalue weighted by atomic mass is 10.0. The van der Waals surface area contributed by atoms with E-state index in [1.165, 1.54) is 32.1 Å². The summed E-state index contributed by atoms with van der Waals surface area (Å²) in [5.41, 5.74) is 1.77. The molecule has 0 heterocycles. The fourth-order valence-electron chi connectivity index (χ4n) is 2.40. The van der Waals surface area contributed by atoms with Crippen molar-refractivity contribution in [3.8, 4) is 5.75 Å². The number of ketones is 1. The number of rotatable bonds is 10. The first-order valence-corrected chi connectivity index (χ1v) is 7.93. The Bertz CT molecular complexity index is 410. The quantitative estimate of drug-likeness (QED) is 0.614. The van der Waals surface area contributed by atoms with Gasteiger partial charge in [0, 0.05) is 18.4 Å². The molecule has 0 radical (unpaired) electrons. The molecule has 2 nitrogen and oxygen atoms in total. The summed E-state index contributed by atoms with van der Waals surface area (Å²) >= 11 is 0. The van der Waals surface area contributed by atoms with Gasteiger partial charge < -0.3 is 5.11 Å². The molecule has 2 heteroatoms. The van der Waals surface area contributed by atoms with Crippen LogP contribution in [0.25, 0.3) is 0 Å². The first-order valence-electron chi connectivity index (χ1n) is 7.93. The molecule has 1 N–H and O–H groups in total. The van der Waals surface area contributed by atoms with Crippen LogP contribution in [0.4, 0.5) is 0 Å². The van der Waals surface area contributed by atoms with Crippen molar-refractivity contribution in [1.29, 1.82) is 0 Å². The van der Waals surface area contributed by atoms with Gasteiger partial charge in [-0.05, 0) is 25.0 Å².